The topological polar surface area (TPSA) is 69.0 Å². The van der Waals surface area contributed by atoms with Crippen LogP contribution in [0.25, 0.3) is 16.7 Å². The van der Waals surface area contributed by atoms with Gasteiger partial charge in [-0.05, 0) is 36.4 Å². The lowest BCUT2D eigenvalue weighted by molar-refractivity contribution is -0.145. The van der Waals surface area contributed by atoms with Gasteiger partial charge in [0, 0.05) is 6.07 Å². The number of methoxy groups -OCH3 is 1. The van der Waals surface area contributed by atoms with Gasteiger partial charge in [0.15, 0.2) is 0 Å². The Morgan fingerprint density at radius 2 is 1.87 bits per heavy atom. The van der Waals surface area contributed by atoms with Crippen LogP contribution >= 0.6 is 0 Å². The second-order valence-electron chi connectivity index (χ2n) is 6.46. The van der Waals surface area contributed by atoms with Crippen LogP contribution in [0.2, 0.25) is 0 Å². The van der Waals surface area contributed by atoms with Crippen LogP contribution in [0.1, 0.15) is 16.2 Å². The number of amides is 1. The maximum atomic E-state index is 13.7. The summed E-state index contributed by atoms with van der Waals surface area (Å²) >= 11 is 0. The van der Waals surface area contributed by atoms with Gasteiger partial charge in [0.2, 0.25) is 5.82 Å². The van der Waals surface area contributed by atoms with Gasteiger partial charge in [-0.1, -0.05) is 12.1 Å². The molecule has 0 spiro atoms. The number of carbonyl (C=O) groups is 1. The van der Waals surface area contributed by atoms with E-state index >= 15 is 0 Å². The third-order valence-corrected chi connectivity index (χ3v) is 4.48. The highest BCUT2D eigenvalue weighted by molar-refractivity contribution is 6.03. The molecule has 4 aromatic rings. The van der Waals surface area contributed by atoms with Gasteiger partial charge in [-0.3, -0.25) is 9.36 Å². The van der Waals surface area contributed by atoms with E-state index in [1.807, 2.05) is 0 Å². The number of ether oxygens (including phenoxy) is 1. The molecule has 0 aliphatic carbocycles. The minimum atomic E-state index is -4.72. The Bertz CT molecular complexity index is 1270. The van der Waals surface area contributed by atoms with Gasteiger partial charge in [0.05, 0.1) is 35.6 Å². The number of pyridine rings is 1. The van der Waals surface area contributed by atoms with Crippen LogP contribution in [-0.4, -0.2) is 27.6 Å². The molecule has 2 heterocycles. The first-order chi connectivity index (χ1) is 14.8. The summed E-state index contributed by atoms with van der Waals surface area (Å²) in [6.45, 7) is 0. The number of rotatable bonds is 4. The molecule has 0 aliphatic heterocycles. The van der Waals surface area contributed by atoms with E-state index in [9.17, 15) is 22.4 Å². The Labute approximate surface area is 173 Å². The van der Waals surface area contributed by atoms with Gasteiger partial charge in [0.25, 0.3) is 5.91 Å². The molecule has 158 valence electrons. The molecule has 0 fully saturated rings. The van der Waals surface area contributed by atoms with Crippen molar-refractivity contribution >= 4 is 22.8 Å². The molecule has 6 nitrogen and oxygen atoms in total. The van der Waals surface area contributed by atoms with E-state index in [-0.39, 0.29) is 28.1 Å². The highest BCUT2D eigenvalue weighted by Crippen LogP contribution is 2.34. The summed E-state index contributed by atoms with van der Waals surface area (Å²) < 4.78 is 60.5. The molecular weight excluding hydrogens is 416 g/mol. The molecule has 1 amide bonds. The zero-order valence-corrected chi connectivity index (χ0v) is 15.9. The van der Waals surface area contributed by atoms with Crippen LogP contribution in [0.4, 0.5) is 23.4 Å². The lowest BCUT2D eigenvalue weighted by Crippen LogP contribution is -2.16. The summed E-state index contributed by atoms with van der Waals surface area (Å²) in [5, 5.41) is 2.41. The summed E-state index contributed by atoms with van der Waals surface area (Å²) in [7, 11) is 1.40. The molecule has 10 heteroatoms. The fourth-order valence-corrected chi connectivity index (χ4v) is 3.06. The van der Waals surface area contributed by atoms with E-state index in [1.54, 1.807) is 0 Å². The van der Waals surface area contributed by atoms with Crippen LogP contribution in [-0.2, 0) is 6.18 Å². The number of imidazole rings is 1. The molecule has 1 N–H and O–H groups in total. The molecule has 0 aliphatic rings. The van der Waals surface area contributed by atoms with Crippen molar-refractivity contribution in [3.63, 3.8) is 0 Å². The van der Waals surface area contributed by atoms with E-state index in [4.69, 9.17) is 4.74 Å². The van der Waals surface area contributed by atoms with Crippen molar-refractivity contribution < 1.29 is 27.1 Å². The minimum Gasteiger partial charge on any atom is -0.497 e. The first-order valence-corrected chi connectivity index (χ1v) is 8.94. The molecule has 4 rings (SSSR count). The monoisotopic (exact) mass is 430 g/mol. The SMILES string of the molecule is COc1ccc2c(c1)nc(C(F)(F)F)n2-c1ccc(NC(=O)c2ccccc2F)nc1. The quantitative estimate of drug-likeness (QED) is 0.471. The smallest absolute Gasteiger partial charge is 0.450 e. The number of nitrogens with one attached hydrogen (secondary N) is 1. The number of hydrogen-bond donors (Lipinski definition) is 1. The van der Waals surface area contributed by atoms with Crippen LogP contribution in [0.15, 0.2) is 60.8 Å². The largest absolute Gasteiger partial charge is 0.497 e. The Balaban J connectivity index is 1.70. The Morgan fingerprint density at radius 1 is 1.10 bits per heavy atom. The highest BCUT2D eigenvalue weighted by atomic mass is 19.4. The summed E-state index contributed by atoms with van der Waals surface area (Å²) in [5.41, 5.74) is 0.216. The maximum Gasteiger partial charge on any atom is 0.450 e. The highest BCUT2D eigenvalue weighted by Gasteiger charge is 2.38. The molecule has 0 bridgehead atoms. The van der Waals surface area contributed by atoms with E-state index in [0.29, 0.717) is 5.75 Å². The molecule has 31 heavy (non-hydrogen) atoms. The third kappa shape index (κ3) is 3.91. The van der Waals surface area contributed by atoms with Crippen molar-refractivity contribution in [2.75, 3.05) is 12.4 Å². The zero-order valence-electron chi connectivity index (χ0n) is 15.9. The van der Waals surface area contributed by atoms with Gasteiger partial charge in [0.1, 0.15) is 17.4 Å². The van der Waals surface area contributed by atoms with Gasteiger partial charge in [-0.15, -0.1) is 0 Å². The number of halogens is 4. The molecule has 0 atom stereocenters. The van der Waals surface area contributed by atoms with E-state index in [2.05, 4.69) is 15.3 Å². The molecular formula is C21H14F4N4O2. The molecule has 0 saturated heterocycles. The fourth-order valence-electron chi connectivity index (χ4n) is 3.06. The van der Waals surface area contributed by atoms with Crippen molar-refractivity contribution in [1.82, 2.24) is 14.5 Å². The number of anilines is 1. The maximum absolute atomic E-state index is 13.7. The van der Waals surface area contributed by atoms with E-state index in [0.717, 1.165) is 16.8 Å². The number of alkyl halides is 3. The lowest BCUT2D eigenvalue weighted by Gasteiger charge is -2.12. The van der Waals surface area contributed by atoms with Crippen molar-refractivity contribution in [3.05, 3.63) is 78.0 Å². The summed E-state index contributed by atoms with van der Waals surface area (Å²) in [6.07, 6.45) is -3.55. The third-order valence-electron chi connectivity index (χ3n) is 4.48. The number of hydrogen-bond acceptors (Lipinski definition) is 4. The molecule has 2 aromatic heterocycles. The molecule has 0 unspecified atom stereocenters. The van der Waals surface area contributed by atoms with Crippen LogP contribution in [0.3, 0.4) is 0 Å². The van der Waals surface area contributed by atoms with Crippen molar-refractivity contribution in [2.45, 2.75) is 6.18 Å². The van der Waals surface area contributed by atoms with Gasteiger partial charge in [-0.2, -0.15) is 13.2 Å². The average molecular weight is 430 g/mol. The van der Waals surface area contributed by atoms with Crippen molar-refractivity contribution in [2.24, 2.45) is 0 Å². The Hall–Kier alpha value is -3.95. The predicted molar refractivity (Wildman–Crippen MR) is 105 cm³/mol. The second-order valence-corrected chi connectivity index (χ2v) is 6.46. The van der Waals surface area contributed by atoms with E-state index < -0.39 is 23.7 Å². The first-order valence-electron chi connectivity index (χ1n) is 8.94. The number of benzene rings is 2. The standard InChI is InChI=1S/C21H14F4N4O2/c1-31-13-7-8-17-16(10-13)27-20(21(23,24)25)29(17)12-6-9-18(26-11-12)28-19(30)14-4-2-3-5-15(14)22/h2-11H,1H3,(H,26,28,30). The van der Waals surface area contributed by atoms with Gasteiger partial charge in [-0.25, -0.2) is 14.4 Å². The van der Waals surface area contributed by atoms with Crippen LogP contribution in [0.5, 0.6) is 5.75 Å². The van der Waals surface area contributed by atoms with Gasteiger partial charge < -0.3 is 10.1 Å². The number of nitrogens with zero attached hydrogens (tertiary/aromatic N) is 3. The summed E-state index contributed by atoms with van der Waals surface area (Å²) in [5.74, 6) is -2.13. The Kier molecular flexibility index (Phi) is 5.05. The summed E-state index contributed by atoms with van der Waals surface area (Å²) in [4.78, 5) is 19.9. The second kappa shape index (κ2) is 7.71. The van der Waals surface area contributed by atoms with Crippen LogP contribution in [0, 0.1) is 5.82 Å². The van der Waals surface area contributed by atoms with Crippen molar-refractivity contribution in [1.29, 1.82) is 0 Å². The number of fused-ring (bicyclic) bond motifs is 1. The normalized spacial score (nSPS) is 11.5. The minimum absolute atomic E-state index is 0.0525. The number of carbonyl (C=O) groups excluding carboxylic acids is 1. The van der Waals surface area contributed by atoms with Crippen molar-refractivity contribution in [3.8, 4) is 11.4 Å². The van der Waals surface area contributed by atoms with Crippen LogP contribution < -0.4 is 10.1 Å². The lowest BCUT2D eigenvalue weighted by atomic mass is 10.2. The Morgan fingerprint density at radius 3 is 2.52 bits per heavy atom. The summed E-state index contributed by atoms with van der Waals surface area (Å²) in [6, 6.07) is 12.5. The number of aromatic nitrogens is 3. The first kappa shape index (κ1) is 20.3. The molecule has 0 radical (unpaired) electrons. The molecule has 0 saturated carbocycles. The average Bonchev–Trinajstić information content (AvgIpc) is 3.14. The fraction of sp³-hybridized carbons (Fsp3) is 0.0952. The molecule has 2 aromatic carbocycles. The van der Waals surface area contributed by atoms with Gasteiger partial charge >= 0.3 is 6.18 Å². The van der Waals surface area contributed by atoms with E-state index in [1.165, 1.54) is 55.6 Å². The zero-order chi connectivity index (χ0) is 22.2. The predicted octanol–water partition coefficient (Wildman–Crippen LogP) is 4.84.